The Kier molecular flexibility index (Phi) is 6.70. The van der Waals surface area contributed by atoms with Crippen LogP contribution < -0.4 is 5.32 Å². The summed E-state index contributed by atoms with van der Waals surface area (Å²) >= 11 is 5.80. The van der Waals surface area contributed by atoms with Gasteiger partial charge in [-0.05, 0) is 24.1 Å². The molecule has 3 nitrogen and oxygen atoms in total. The predicted molar refractivity (Wildman–Crippen MR) is 70.5 cm³/mol. The molecule has 0 unspecified atom stereocenters. The summed E-state index contributed by atoms with van der Waals surface area (Å²) < 4.78 is 5.36. The summed E-state index contributed by atoms with van der Waals surface area (Å²) in [6.07, 6.45) is 2.72. The molecule has 0 bridgehead atoms. The molecule has 0 spiro atoms. The van der Waals surface area contributed by atoms with Crippen molar-refractivity contribution in [1.82, 2.24) is 5.32 Å². The standard InChI is InChI=1S/C13H18ClNO2/c1-2-3-7-17-8-6-15-10-11-4-5-13(16)12(14)9-11/h2,4-5,9,15-16H,1,3,6-8,10H2. The van der Waals surface area contributed by atoms with Crippen LogP contribution in [0.2, 0.25) is 5.02 Å². The highest BCUT2D eigenvalue weighted by Crippen LogP contribution is 2.23. The molecule has 0 fully saturated rings. The first-order valence-corrected chi connectivity index (χ1v) is 5.98. The van der Waals surface area contributed by atoms with Gasteiger partial charge in [-0.25, -0.2) is 0 Å². The smallest absolute Gasteiger partial charge is 0.134 e. The molecular formula is C13H18ClNO2. The molecule has 0 heterocycles. The number of benzene rings is 1. The third-order valence-corrected chi connectivity index (χ3v) is 2.53. The van der Waals surface area contributed by atoms with E-state index in [1.165, 1.54) is 0 Å². The Morgan fingerprint density at radius 3 is 2.94 bits per heavy atom. The van der Waals surface area contributed by atoms with Crippen molar-refractivity contribution in [2.45, 2.75) is 13.0 Å². The average Bonchev–Trinajstić information content (AvgIpc) is 2.32. The maximum absolute atomic E-state index is 9.26. The van der Waals surface area contributed by atoms with E-state index in [1.54, 1.807) is 12.1 Å². The molecule has 0 amide bonds. The molecule has 4 heteroatoms. The lowest BCUT2D eigenvalue weighted by Crippen LogP contribution is -2.19. The Morgan fingerprint density at radius 2 is 2.24 bits per heavy atom. The summed E-state index contributed by atoms with van der Waals surface area (Å²) in [6, 6.07) is 5.19. The van der Waals surface area contributed by atoms with Gasteiger partial charge in [0.15, 0.2) is 0 Å². The molecule has 0 saturated carbocycles. The maximum Gasteiger partial charge on any atom is 0.134 e. The second-order valence-corrected chi connectivity index (χ2v) is 4.06. The molecule has 0 aromatic heterocycles. The Labute approximate surface area is 107 Å². The maximum atomic E-state index is 9.26. The predicted octanol–water partition coefficient (Wildman–Crippen LogP) is 2.73. The summed E-state index contributed by atoms with van der Waals surface area (Å²) in [4.78, 5) is 0. The molecule has 0 saturated heterocycles. The molecule has 2 N–H and O–H groups in total. The van der Waals surface area contributed by atoms with Crippen LogP contribution in [0.1, 0.15) is 12.0 Å². The quantitative estimate of drug-likeness (QED) is 0.554. The van der Waals surface area contributed by atoms with Gasteiger partial charge >= 0.3 is 0 Å². The van der Waals surface area contributed by atoms with Crippen molar-refractivity contribution in [2.24, 2.45) is 0 Å². The molecule has 0 radical (unpaired) electrons. The van der Waals surface area contributed by atoms with E-state index < -0.39 is 0 Å². The van der Waals surface area contributed by atoms with Crippen molar-refractivity contribution in [2.75, 3.05) is 19.8 Å². The molecule has 94 valence electrons. The van der Waals surface area contributed by atoms with Gasteiger partial charge in [0, 0.05) is 13.1 Å². The fourth-order valence-electron chi connectivity index (χ4n) is 1.31. The summed E-state index contributed by atoms with van der Waals surface area (Å²) in [5, 5.41) is 12.9. The third-order valence-electron chi connectivity index (χ3n) is 2.23. The van der Waals surface area contributed by atoms with Gasteiger partial charge in [0.05, 0.1) is 18.2 Å². The van der Waals surface area contributed by atoms with Crippen LogP contribution >= 0.6 is 11.6 Å². The fraction of sp³-hybridized carbons (Fsp3) is 0.385. The van der Waals surface area contributed by atoms with Crippen molar-refractivity contribution in [3.63, 3.8) is 0 Å². The first-order valence-electron chi connectivity index (χ1n) is 5.61. The zero-order chi connectivity index (χ0) is 12.5. The van der Waals surface area contributed by atoms with Crippen molar-refractivity contribution in [3.05, 3.63) is 41.4 Å². The molecular weight excluding hydrogens is 238 g/mol. The van der Waals surface area contributed by atoms with Gasteiger partial charge in [0.1, 0.15) is 5.75 Å². The van der Waals surface area contributed by atoms with Crippen molar-refractivity contribution in [1.29, 1.82) is 0 Å². The van der Waals surface area contributed by atoms with Gasteiger partial charge in [-0.15, -0.1) is 6.58 Å². The van der Waals surface area contributed by atoms with Crippen LogP contribution in [0.3, 0.4) is 0 Å². The van der Waals surface area contributed by atoms with Crippen LogP contribution in [-0.2, 0) is 11.3 Å². The number of halogens is 1. The van der Waals surface area contributed by atoms with Gasteiger partial charge in [-0.2, -0.15) is 0 Å². The summed E-state index contributed by atoms with van der Waals surface area (Å²) in [6.45, 7) is 6.52. The second-order valence-electron chi connectivity index (χ2n) is 3.65. The van der Waals surface area contributed by atoms with Crippen molar-refractivity contribution < 1.29 is 9.84 Å². The molecule has 1 aromatic rings. The van der Waals surface area contributed by atoms with E-state index in [0.717, 1.165) is 25.1 Å². The monoisotopic (exact) mass is 255 g/mol. The van der Waals surface area contributed by atoms with E-state index in [-0.39, 0.29) is 5.75 Å². The minimum atomic E-state index is 0.114. The lowest BCUT2D eigenvalue weighted by Gasteiger charge is -2.06. The lowest BCUT2D eigenvalue weighted by molar-refractivity contribution is 0.140. The van der Waals surface area contributed by atoms with Crippen LogP contribution in [0.25, 0.3) is 0 Å². The summed E-state index contributed by atoms with van der Waals surface area (Å²) in [5.74, 6) is 0.114. The largest absolute Gasteiger partial charge is 0.506 e. The molecule has 0 aliphatic rings. The first kappa shape index (κ1) is 14.0. The number of phenols is 1. The number of hydrogen-bond donors (Lipinski definition) is 2. The molecule has 1 rings (SSSR count). The Balaban J connectivity index is 2.13. The minimum absolute atomic E-state index is 0.114. The average molecular weight is 256 g/mol. The molecule has 17 heavy (non-hydrogen) atoms. The van der Waals surface area contributed by atoms with Crippen LogP contribution in [0.5, 0.6) is 5.75 Å². The van der Waals surface area contributed by atoms with E-state index in [0.29, 0.717) is 18.2 Å². The van der Waals surface area contributed by atoms with Gasteiger partial charge in [-0.3, -0.25) is 0 Å². The van der Waals surface area contributed by atoms with Gasteiger partial charge < -0.3 is 15.2 Å². The summed E-state index contributed by atoms with van der Waals surface area (Å²) in [7, 11) is 0. The van der Waals surface area contributed by atoms with E-state index >= 15 is 0 Å². The van der Waals surface area contributed by atoms with Gasteiger partial charge in [0.2, 0.25) is 0 Å². The van der Waals surface area contributed by atoms with Gasteiger partial charge in [-0.1, -0.05) is 23.7 Å². The van der Waals surface area contributed by atoms with Crippen molar-refractivity contribution >= 4 is 11.6 Å². The van der Waals surface area contributed by atoms with E-state index in [9.17, 15) is 5.11 Å². The van der Waals surface area contributed by atoms with Crippen LogP contribution in [0, 0.1) is 0 Å². The third kappa shape index (κ3) is 5.73. The molecule has 0 aliphatic heterocycles. The summed E-state index contributed by atoms with van der Waals surface area (Å²) in [5.41, 5.74) is 1.04. The molecule has 1 aromatic carbocycles. The van der Waals surface area contributed by atoms with Crippen LogP contribution in [0.15, 0.2) is 30.9 Å². The zero-order valence-electron chi connectivity index (χ0n) is 9.79. The van der Waals surface area contributed by atoms with E-state index in [2.05, 4.69) is 11.9 Å². The first-order chi connectivity index (χ1) is 8.24. The number of hydrogen-bond acceptors (Lipinski definition) is 3. The highest BCUT2D eigenvalue weighted by atomic mass is 35.5. The van der Waals surface area contributed by atoms with E-state index in [1.807, 2.05) is 12.1 Å². The topological polar surface area (TPSA) is 41.5 Å². The second kappa shape index (κ2) is 8.12. The zero-order valence-corrected chi connectivity index (χ0v) is 10.5. The van der Waals surface area contributed by atoms with E-state index in [4.69, 9.17) is 16.3 Å². The number of phenolic OH excluding ortho intramolecular Hbond substituents is 1. The highest BCUT2D eigenvalue weighted by Gasteiger charge is 1.99. The Morgan fingerprint density at radius 1 is 1.41 bits per heavy atom. The normalized spacial score (nSPS) is 10.4. The minimum Gasteiger partial charge on any atom is -0.506 e. The molecule has 0 aliphatic carbocycles. The van der Waals surface area contributed by atoms with Crippen LogP contribution in [0.4, 0.5) is 0 Å². The lowest BCUT2D eigenvalue weighted by atomic mass is 10.2. The Hall–Kier alpha value is -1.03. The fourth-order valence-corrected chi connectivity index (χ4v) is 1.51. The number of aromatic hydroxyl groups is 1. The van der Waals surface area contributed by atoms with Crippen molar-refractivity contribution in [3.8, 4) is 5.75 Å². The van der Waals surface area contributed by atoms with Crippen LogP contribution in [-0.4, -0.2) is 24.9 Å². The number of ether oxygens (including phenoxy) is 1. The number of rotatable bonds is 8. The van der Waals surface area contributed by atoms with Gasteiger partial charge in [0.25, 0.3) is 0 Å². The highest BCUT2D eigenvalue weighted by molar-refractivity contribution is 6.32. The molecule has 0 atom stereocenters. The SMILES string of the molecule is C=CCCOCCNCc1ccc(O)c(Cl)c1. The number of nitrogens with one attached hydrogen (secondary N) is 1. The Bertz CT molecular complexity index is 355.